The first-order valence-electron chi connectivity index (χ1n) is 20.7. The van der Waals surface area contributed by atoms with Gasteiger partial charge in [-0.05, 0) is 62.0 Å². The summed E-state index contributed by atoms with van der Waals surface area (Å²) in [6.07, 6.45) is -1.26. The predicted molar refractivity (Wildman–Crippen MR) is 233 cm³/mol. The van der Waals surface area contributed by atoms with Crippen molar-refractivity contribution in [3.8, 4) is 26.8 Å². The third-order valence-electron chi connectivity index (χ3n) is 11.6. The number of hydrogen-bond donors (Lipinski definition) is 3. The highest BCUT2D eigenvalue weighted by atomic mass is 32.1. The van der Waals surface area contributed by atoms with E-state index in [2.05, 4.69) is 30.9 Å². The number of benzene rings is 2. The van der Waals surface area contributed by atoms with Crippen molar-refractivity contribution in [1.29, 1.82) is 0 Å². The molecule has 4 aromatic heterocycles. The first-order chi connectivity index (χ1) is 30.3. The number of amides is 4. The van der Waals surface area contributed by atoms with Crippen molar-refractivity contribution in [3.63, 3.8) is 0 Å². The number of likely N-dealkylation sites (tertiary alicyclic amines) is 2. The second-order valence-corrected chi connectivity index (χ2v) is 17.8. The maximum absolute atomic E-state index is 14.0. The van der Waals surface area contributed by atoms with Gasteiger partial charge in [-0.3, -0.25) is 19.2 Å². The Morgan fingerprint density at radius 2 is 1.22 bits per heavy atom. The van der Waals surface area contributed by atoms with Gasteiger partial charge in [-0.2, -0.15) is 0 Å². The van der Waals surface area contributed by atoms with E-state index in [1.807, 2.05) is 73.4 Å². The zero-order chi connectivity index (χ0) is 44.4. The van der Waals surface area contributed by atoms with Crippen LogP contribution in [0.2, 0.25) is 0 Å². The van der Waals surface area contributed by atoms with E-state index in [1.165, 1.54) is 15.9 Å². The monoisotopic (exact) mass is 892 g/mol. The molecule has 18 heteroatoms. The molecule has 2 fully saturated rings. The lowest BCUT2D eigenvalue weighted by Crippen LogP contribution is -2.47. The van der Waals surface area contributed by atoms with Gasteiger partial charge in [-0.25, -0.2) is 9.97 Å². The van der Waals surface area contributed by atoms with E-state index in [0.29, 0.717) is 11.5 Å². The van der Waals surface area contributed by atoms with Crippen LogP contribution >= 0.6 is 22.7 Å². The number of ether oxygens (including phenoxy) is 1. The van der Waals surface area contributed by atoms with E-state index in [4.69, 9.17) is 13.8 Å². The fraction of sp³-hybridized carbons (Fsp3) is 0.378. The van der Waals surface area contributed by atoms with Gasteiger partial charge in [0.05, 0.1) is 62.3 Å². The second kappa shape index (κ2) is 18.6. The number of aliphatic hydroxyl groups is 1. The molecular weight excluding hydrogens is 845 g/mol. The molecule has 2 aliphatic heterocycles. The minimum Gasteiger partial charge on any atom is -0.470 e. The van der Waals surface area contributed by atoms with Gasteiger partial charge in [0.2, 0.25) is 23.6 Å². The minimum atomic E-state index is -0.881. The summed E-state index contributed by atoms with van der Waals surface area (Å²) in [5, 5.41) is 24.5. The van der Waals surface area contributed by atoms with Crippen LogP contribution in [0, 0.1) is 20.8 Å². The van der Waals surface area contributed by atoms with Crippen molar-refractivity contribution < 1.29 is 38.1 Å². The lowest BCUT2D eigenvalue weighted by molar-refractivity contribution is -0.139. The minimum absolute atomic E-state index is 0.0129. The number of nitrogens with zero attached hydrogens (tertiary/aromatic N) is 6. The van der Waals surface area contributed by atoms with Crippen LogP contribution in [0.1, 0.15) is 78.3 Å². The average Bonchev–Trinajstić information content (AvgIpc) is 4.16. The predicted octanol–water partition coefficient (Wildman–Crippen LogP) is 5.68. The summed E-state index contributed by atoms with van der Waals surface area (Å²) < 4.78 is 17.2. The maximum Gasteiger partial charge on any atom is 0.254 e. The third kappa shape index (κ3) is 9.57. The van der Waals surface area contributed by atoms with E-state index >= 15 is 0 Å². The highest BCUT2D eigenvalue weighted by Crippen LogP contribution is 2.32. The smallest absolute Gasteiger partial charge is 0.254 e. The Balaban J connectivity index is 0.897. The van der Waals surface area contributed by atoms with Crippen LogP contribution < -0.4 is 15.4 Å². The SMILES string of the molecule is Cc1cc([C@H](C)C(=O)N2C[C@H](Oc3cc([C@@H](C)C(=O)N4C[C@H](O)C[C@H]4C(=O)NCc4ccc(-c5scnc5C)cc4)on3)C[C@H]2C(=O)NCc2ccc(-c3scnc3C)cc2)on1. The van der Waals surface area contributed by atoms with Crippen LogP contribution in [0.3, 0.4) is 0 Å². The highest BCUT2D eigenvalue weighted by Gasteiger charge is 2.44. The highest BCUT2D eigenvalue weighted by molar-refractivity contribution is 7.13. The molecular formula is C45H48N8O8S2. The first kappa shape index (κ1) is 43.4. The number of thiazole rings is 2. The Bertz CT molecular complexity index is 2580. The molecule has 63 heavy (non-hydrogen) atoms. The largest absolute Gasteiger partial charge is 0.470 e. The number of nitrogens with one attached hydrogen (secondary N) is 2. The fourth-order valence-electron chi connectivity index (χ4n) is 8.03. The molecule has 0 unspecified atom stereocenters. The molecule has 0 spiro atoms. The van der Waals surface area contributed by atoms with Crippen LogP contribution in [0.15, 0.2) is 80.7 Å². The fourth-order valence-corrected chi connectivity index (χ4v) is 9.65. The molecule has 0 saturated carbocycles. The van der Waals surface area contributed by atoms with E-state index in [0.717, 1.165) is 43.4 Å². The van der Waals surface area contributed by atoms with Gasteiger partial charge in [0.25, 0.3) is 5.88 Å². The molecule has 16 nitrogen and oxygen atoms in total. The molecule has 6 aromatic rings. The number of hydrogen-bond acceptors (Lipinski definition) is 14. The number of rotatable bonds is 14. The number of carbonyl (C=O) groups excluding carboxylic acids is 4. The summed E-state index contributed by atoms with van der Waals surface area (Å²) in [6, 6.07) is 17.2. The van der Waals surface area contributed by atoms with Gasteiger partial charge in [0, 0.05) is 44.6 Å². The summed E-state index contributed by atoms with van der Waals surface area (Å²) in [5.74, 6) is -2.39. The quantitative estimate of drug-likeness (QED) is 0.121. The van der Waals surface area contributed by atoms with Crippen LogP contribution in [0.5, 0.6) is 5.88 Å². The van der Waals surface area contributed by atoms with Crippen LogP contribution in [-0.4, -0.2) is 96.2 Å². The van der Waals surface area contributed by atoms with Crippen molar-refractivity contribution in [2.45, 2.75) is 96.7 Å². The lowest BCUT2D eigenvalue weighted by Gasteiger charge is -2.25. The van der Waals surface area contributed by atoms with Gasteiger partial charge in [-0.1, -0.05) is 53.7 Å². The van der Waals surface area contributed by atoms with Gasteiger partial charge >= 0.3 is 0 Å². The average molecular weight is 893 g/mol. The van der Waals surface area contributed by atoms with Gasteiger partial charge in [0.1, 0.15) is 23.9 Å². The van der Waals surface area contributed by atoms with Gasteiger partial charge < -0.3 is 39.3 Å². The molecule has 2 saturated heterocycles. The Hall–Kier alpha value is -6.24. The standard InChI is InChI=1S/C45H48N8O8S2/c1-24-14-37(60-50-24)25(2)45(58)53-21-34(16-36(53)43(56)47-19-30-8-12-32(13-9-30)41-28(5)49-23-63-41)59-39-17-38(61-51-39)26(3)44(57)52-20-33(54)15-35(52)42(55)46-18-29-6-10-31(11-7-29)40-27(4)48-22-62-40/h6-14,17,22-23,25-26,33-36,54H,15-16,18-21H2,1-5H3,(H,46,55)(H,47,56)/t25-,26+,33+,34+,35-,36-/m0/s1. The van der Waals surface area contributed by atoms with Crippen molar-refractivity contribution in [2.75, 3.05) is 13.1 Å². The second-order valence-electron chi connectivity index (χ2n) is 16.1. The topological polar surface area (TPSA) is 206 Å². The third-order valence-corrected chi connectivity index (χ3v) is 13.6. The van der Waals surface area contributed by atoms with Crippen molar-refractivity contribution >= 4 is 46.3 Å². The molecule has 328 valence electrons. The number of aliphatic hydroxyl groups excluding tert-OH is 1. The molecule has 4 amide bonds. The Morgan fingerprint density at radius 1 is 0.730 bits per heavy atom. The summed E-state index contributed by atoms with van der Waals surface area (Å²) >= 11 is 3.14. The molecule has 3 N–H and O–H groups in total. The van der Waals surface area contributed by atoms with Gasteiger partial charge in [-0.15, -0.1) is 22.7 Å². The number of aryl methyl sites for hydroxylation is 3. The van der Waals surface area contributed by atoms with Crippen LogP contribution in [0.25, 0.3) is 20.9 Å². The normalized spacial score (nSPS) is 19.5. The summed E-state index contributed by atoms with van der Waals surface area (Å²) in [5.41, 5.74) is 10.0. The molecule has 2 aromatic carbocycles. The van der Waals surface area contributed by atoms with E-state index < -0.39 is 42.0 Å². The van der Waals surface area contributed by atoms with Crippen molar-refractivity contribution in [2.24, 2.45) is 0 Å². The molecule has 2 aliphatic rings. The first-order valence-corrected chi connectivity index (χ1v) is 22.5. The molecule has 0 bridgehead atoms. The van der Waals surface area contributed by atoms with Crippen molar-refractivity contribution in [1.82, 2.24) is 40.7 Å². The van der Waals surface area contributed by atoms with Crippen molar-refractivity contribution in [3.05, 3.63) is 111 Å². The Morgan fingerprint density at radius 3 is 1.71 bits per heavy atom. The van der Waals surface area contributed by atoms with E-state index in [1.54, 1.807) is 49.5 Å². The molecule has 0 radical (unpaired) electrons. The number of aromatic nitrogens is 4. The zero-order valence-electron chi connectivity index (χ0n) is 35.4. The summed E-state index contributed by atoms with van der Waals surface area (Å²) in [7, 11) is 0. The van der Waals surface area contributed by atoms with Crippen LogP contribution in [0.4, 0.5) is 0 Å². The van der Waals surface area contributed by atoms with E-state index in [9.17, 15) is 24.3 Å². The maximum atomic E-state index is 14.0. The molecule has 8 rings (SSSR count). The summed E-state index contributed by atoms with van der Waals surface area (Å²) in [6.45, 7) is 9.60. The van der Waals surface area contributed by atoms with Gasteiger partial charge in [0.15, 0.2) is 5.76 Å². The number of carbonyl (C=O) groups is 4. The summed E-state index contributed by atoms with van der Waals surface area (Å²) in [4.78, 5) is 68.8. The zero-order valence-corrected chi connectivity index (χ0v) is 37.1. The Kier molecular flexibility index (Phi) is 12.8. The number of β-amino-alcohol motifs (C(OH)–C–C–N with tert-alkyl or cyclic N) is 1. The molecule has 0 aliphatic carbocycles. The molecule has 6 atom stereocenters. The van der Waals surface area contributed by atoms with E-state index in [-0.39, 0.29) is 68.4 Å². The lowest BCUT2D eigenvalue weighted by atomic mass is 10.1. The Labute approximate surface area is 371 Å². The van der Waals surface area contributed by atoms with Crippen LogP contribution in [-0.2, 0) is 32.3 Å². The molecule has 6 heterocycles.